The van der Waals surface area contributed by atoms with Crippen LogP contribution in [0.5, 0.6) is 0 Å². The zero-order chi connectivity index (χ0) is 16.2. The second-order valence-corrected chi connectivity index (χ2v) is 5.82. The van der Waals surface area contributed by atoms with E-state index in [9.17, 15) is 9.18 Å². The number of carbonyl (C=O) groups is 1. The number of benzene rings is 1. The van der Waals surface area contributed by atoms with Gasteiger partial charge in [0.1, 0.15) is 5.82 Å². The fourth-order valence-electron chi connectivity index (χ4n) is 3.41. The highest BCUT2D eigenvalue weighted by atomic mass is 19.1. The maximum atomic E-state index is 13.7. The van der Waals surface area contributed by atoms with Crippen LogP contribution in [0.3, 0.4) is 0 Å². The van der Waals surface area contributed by atoms with Crippen molar-refractivity contribution in [2.24, 2.45) is 5.92 Å². The number of carbonyl (C=O) groups excluding carboxylic acids is 1. The third kappa shape index (κ3) is 3.24. The van der Waals surface area contributed by atoms with Gasteiger partial charge in [0.25, 0.3) is 0 Å². The molecule has 3 nitrogen and oxygen atoms in total. The lowest BCUT2D eigenvalue weighted by atomic mass is 9.84. The van der Waals surface area contributed by atoms with E-state index in [0.717, 1.165) is 24.8 Å². The van der Waals surface area contributed by atoms with Gasteiger partial charge in [0, 0.05) is 24.1 Å². The number of halogens is 1. The molecule has 1 aromatic rings. The molecule has 0 spiro atoms. The summed E-state index contributed by atoms with van der Waals surface area (Å²) in [6.45, 7) is 2.91. The fourth-order valence-corrected chi connectivity index (χ4v) is 3.41. The highest BCUT2D eigenvalue weighted by molar-refractivity contribution is 5.69. The van der Waals surface area contributed by atoms with E-state index >= 15 is 0 Å². The van der Waals surface area contributed by atoms with E-state index in [4.69, 9.17) is 4.74 Å². The molecule has 1 aliphatic heterocycles. The summed E-state index contributed by atoms with van der Waals surface area (Å²) in [4.78, 5) is 13.9. The van der Waals surface area contributed by atoms with E-state index in [0.29, 0.717) is 18.7 Å². The number of ether oxygens (including phenoxy) is 1. The Kier molecular flexibility index (Phi) is 4.66. The van der Waals surface area contributed by atoms with Crippen LogP contribution in [0.1, 0.15) is 31.7 Å². The first-order valence-electron chi connectivity index (χ1n) is 8.10. The Morgan fingerprint density at radius 3 is 2.96 bits per heavy atom. The van der Waals surface area contributed by atoms with Gasteiger partial charge in [-0.3, -0.25) is 0 Å². The molecule has 1 heterocycles. The summed E-state index contributed by atoms with van der Waals surface area (Å²) in [5.74, 6) is 6.01. The zero-order valence-electron chi connectivity index (χ0n) is 13.2. The first-order chi connectivity index (χ1) is 11.2. The third-order valence-electron chi connectivity index (χ3n) is 4.49. The largest absolute Gasteiger partial charge is 0.450 e. The Balaban J connectivity index is 1.77. The van der Waals surface area contributed by atoms with Crippen LogP contribution in [-0.4, -0.2) is 30.2 Å². The second kappa shape index (κ2) is 6.87. The number of allylic oxidation sites excluding steroid dienone is 1. The molecular weight excluding hydrogens is 293 g/mol. The summed E-state index contributed by atoms with van der Waals surface area (Å²) >= 11 is 0. The van der Waals surface area contributed by atoms with E-state index in [-0.39, 0.29) is 23.9 Å². The van der Waals surface area contributed by atoms with Gasteiger partial charge >= 0.3 is 6.09 Å². The van der Waals surface area contributed by atoms with Gasteiger partial charge in [-0.15, -0.1) is 0 Å². The Morgan fingerprint density at radius 2 is 2.17 bits per heavy atom. The van der Waals surface area contributed by atoms with Gasteiger partial charge in [0.15, 0.2) is 0 Å². The van der Waals surface area contributed by atoms with E-state index in [1.165, 1.54) is 6.07 Å². The molecule has 2 aliphatic rings. The predicted octanol–water partition coefficient (Wildman–Crippen LogP) is 3.74. The smallest absolute Gasteiger partial charge is 0.410 e. The molecule has 2 unspecified atom stereocenters. The number of hydrogen-bond acceptors (Lipinski definition) is 2. The summed E-state index contributed by atoms with van der Waals surface area (Å²) in [6.07, 6.45) is 4.61. The summed E-state index contributed by atoms with van der Waals surface area (Å²) in [5.41, 5.74) is 1.44. The van der Waals surface area contributed by atoms with E-state index in [1.807, 2.05) is 11.8 Å². The van der Waals surface area contributed by atoms with Crippen molar-refractivity contribution >= 4 is 6.09 Å². The topological polar surface area (TPSA) is 29.5 Å². The molecule has 0 saturated carbocycles. The normalized spacial score (nSPS) is 22.7. The van der Waals surface area contributed by atoms with Crippen molar-refractivity contribution in [3.05, 3.63) is 47.3 Å². The number of likely N-dealkylation sites (tertiary alicyclic amines) is 1. The average molecular weight is 313 g/mol. The van der Waals surface area contributed by atoms with Gasteiger partial charge in [-0.05, 0) is 38.3 Å². The molecule has 0 radical (unpaired) electrons. The summed E-state index contributed by atoms with van der Waals surface area (Å²) < 4.78 is 18.8. The van der Waals surface area contributed by atoms with Crippen LogP contribution < -0.4 is 0 Å². The van der Waals surface area contributed by atoms with Crippen molar-refractivity contribution in [3.8, 4) is 11.8 Å². The molecule has 1 aromatic carbocycles. The monoisotopic (exact) mass is 313 g/mol. The van der Waals surface area contributed by atoms with Gasteiger partial charge in [-0.2, -0.15) is 0 Å². The Bertz CT molecular complexity index is 686. The Labute approximate surface area is 136 Å². The number of rotatable bonds is 1. The van der Waals surface area contributed by atoms with Crippen LogP contribution in [0.15, 0.2) is 35.9 Å². The van der Waals surface area contributed by atoms with Gasteiger partial charge in [-0.1, -0.05) is 30.0 Å². The van der Waals surface area contributed by atoms with Crippen molar-refractivity contribution in [2.45, 2.75) is 32.2 Å². The van der Waals surface area contributed by atoms with Gasteiger partial charge in [-0.25, -0.2) is 9.18 Å². The lowest BCUT2D eigenvalue weighted by molar-refractivity contribution is 0.0979. The lowest BCUT2D eigenvalue weighted by Crippen LogP contribution is -2.39. The van der Waals surface area contributed by atoms with Crippen molar-refractivity contribution in [1.82, 2.24) is 4.90 Å². The molecule has 0 aromatic heterocycles. The minimum absolute atomic E-state index is 0.156. The lowest BCUT2D eigenvalue weighted by Gasteiger charge is -2.30. The molecule has 3 rings (SSSR count). The number of fused-ring (bicyclic) bond motifs is 1. The van der Waals surface area contributed by atoms with Crippen molar-refractivity contribution in [2.75, 3.05) is 13.2 Å². The van der Waals surface area contributed by atoms with Gasteiger partial charge < -0.3 is 9.64 Å². The van der Waals surface area contributed by atoms with Crippen LogP contribution in [0, 0.1) is 23.6 Å². The van der Waals surface area contributed by atoms with E-state index in [1.54, 1.807) is 18.2 Å². The quantitative estimate of drug-likeness (QED) is 0.739. The summed E-state index contributed by atoms with van der Waals surface area (Å²) in [5, 5.41) is 0. The second-order valence-electron chi connectivity index (χ2n) is 5.82. The fraction of sp³-hybridized carbons (Fsp3) is 0.421. The molecular formula is C19H20FNO2. The average Bonchev–Trinajstić information content (AvgIpc) is 2.99. The van der Waals surface area contributed by atoms with Gasteiger partial charge in [0.05, 0.1) is 12.2 Å². The van der Waals surface area contributed by atoms with Gasteiger partial charge in [0.2, 0.25) is 0 Å². The zero-order valence-corrected chi connectivity index (χ0v) is 13.2. The third-order valence-corrected chi connectivity index (χ3v) is 4.49. The van der Waals surface area contributed by atoms with Crippen LogP contribution in [0.25, 0.3) is 0 Å². The number of amides is 1. The summed E-state index contributed by atoms with van der Waals surface area (Å²) in [7, 11) is 0. The molecule has 23 heavy (non-hydrogen) atoms. The highest BCUT2D eigenvalue weighted by Crippen LogP contribution is 2.37. The number of nitrogens with zero attached hydrogens (tertiary/aromatic N) is 1. The molecule has 0 bridgehead atoms. The minimum Gasteiger partial charge on any atom is -0.450 e. The van der Waals surface area contributed by atoms with Crippen LogP contribution in [-0.2, 0) is 4.74 Å². The van der Waals surface area contributed by atoms with E-state index in [2.05, 4.69) is 17.9 Å². The molecule has 120 valence electrons. The molecule has 2 atom stereocenters. The molecule has 1 aliphatic carbocycles. The first kappa shape index (κ1) is 15.6. The van der Waals surface area contributed by atoms with Crippen molar-refractivity contribution < 1.29 is 13.9 Å². The molecule has 4 heteroatoms. The van der Waals surface area contributed by atoms with Crippen LogP contribution in [0.4, 0.5) is 9.18 Å². The first-order valence-corrected chi connectivity index (χ1v) is 8.10. The van der Waals surface area contributed by atoms with Crippen LogP contribution in [0.2, 0.25) is 0 Å². The number of hydrogen-bond donors (Lipinski definition) is 0. The molecule has 1 saturated heterocycles. The van der Waals surface area contributed by atoms with Crippen LogP contribution >= 0.6 is 0 Å². The maximum Gasteiger partial charge on any atom is 0.410 e. The maximum absolute atomic E-state index is 13.7. The SMILES string of the molecule is CCOC(=O)N1CCC2C(C#Cc3ccccc3F)=CCCC21. The Hall–Kier alpha value is -2.28. The highest BCUT2D eigenvalue weighted by Gasteiger charge is 2.40. The van der Waals surface area contributed by atoms with Crippen molar-refractivity contribution in [1.29, 1.82) is 0 Å². The Morgan fingerprint density at radius 1 is 1.35 bits per heavy atom. The minimum atomic E-state index is -0.299. The molecule has 1 fully saturated rings. The predicted molar refractivity (Wildman–Crippen MR) is 86.2 cm³/mol. The summed E-state index contributed by atoms with van der Waals surface area (Å²) in [6, 6.07) is 6.69. The molecule has 0 N–H and O–H groups in total. The molecule has 1 amide bonds. The standard InChI is InChI=1S/C19H20FNO2/c1-2-23-19(22)21-13-12-16-14(7-5-9-18(16)21)10-11-15-6-3-4-8-17(15)20/h3-4,6-8,16,18H,2,5,9,12-13H2,1H3. The van der Waals surface area contributed by atoms with E-state index < -0.39 is 0 Å². The van der Waals surface area contributed by atoms with Crippen molar-refractivity contribution in [3.63, 3.8) is 0 Å².